The van der Waals surface area contributed by atoms with Crippen molar-refractivity contribution in [2.24, 2.45) is 0 Å². The fourth-order valence-corrected chi connectivity index (χ4v) is 2.56. The van der Waals surface area contributed by atoms with Crippen molar-refractivity contribution in [1.82, 2.24) is 10.2 Å². The Morgan fingerprint density at radius 1 is 1.35 bits per heavy atom. The molecule has 0 spiro atoms. The zero-order chi connectivity index (χ0) is 12.6. The van der Waals surface area contributed by atoms with Crippen LogP contribution < -0.4 is 5.32 Å². The SMILES string of the molecule is CC(C)(CN1C(=O)NC(=O)C1=O)c1cccs1. The van der Waals surface area contributed by atoms with Gasteiger partial charge < -0.3 is 0 Å². The van der Waals surface area contributed by atoms with Gasteiger partial charge in [-0.25, -0.2) is 4.79 Å². The number of nitrogens with one attached hydrogen (secondary N) is 1. The van der Waals surface area contributed by atoms with Crippen molar-refractivity contribution >= 4 is 29.2 Å². The van der Waals surface area contributed by atoms with Crippen LogP contribution in [0.25, 0.3) is 0 Å². The summed E-state index contributed by atoms with van der Waals surface area (Å²) in [5.74, 6) is -1.63. The molecule has 1 N–H and O–H groups in total. The maximum Gasteiger partial charge on any atom is 0.331 e. The van der Waals surface area contributed by atoms with Gasteiger partial charge in [0.1, 0.15) is 0 Å². The van der Waals surface area contributed by atoms with Crippen molar-refractivity contribution in [3.63, 3.8) is 0 Å². The summed E-state index contributed by atoms with van der Waals surface area (Å²) >= 11 is 1.56. The lowest BCUT2D eigenvalue weighted by Crippen LogP contribution is -2.40. The monoisotopic (exact) mass is 252 g/mol. The molecule has 0 bridgehead atoms. The van der Waals surface area contributed by atoms with Crippen LogP contribution in [-0.2, 0) is 15.0 Å². The maximum atomic E-state index is 11.5. The Hall–Kier alpha value is -1.69. The fraction of sp³-hybridized carbons (Fsp3) is 0.364. The Kier molecular flexibility index (Phi) is 2.74. The Bertz CT molecular complexity index is 479. The van der Waals surface area contributed by atoms with Crippen molar-refractivity contribution in [2.75, 3.05) is 6.54 Å². The van der Waals surface area contributed by atoms with Crippen molar-refractivity contribution in [2.45, 2.75) is 19.3 Å². The first-order chi connectivity index (χ1) is 7.92. The smallest absolute Gasteiger partial charge is 0.269 e. The Labute approximate surface area is 102 Å². The molecule has 2 rings (SSSR count). The Balaban J connectivity index is 2.19. The van der Waals surface area contributed by atoms with Crippen LogP contribution in [0.15, 0.2) is 17.5 Å². The van der Waals surface area contributed by atoms with Gasteiger partial charge in [-0.15, -0.1) is 11.3 Å². The minimum absolute atomic E-state index is 0.198. The number of amides is 4. The van der Waals surface area contributed by atoms with Gasteiger partial charge in [0, 0.05) is 16.8 Å². The third-order valence-electron chi connectivity index (χ3n) is 2.65. The molecule has 17 heavy (non-hydrogen) atoms. The summed E-state index contributed by atoms with van der Waals surface area (Å²) in [6.07, 6.45) is 0. The van der Waals surface area contributed by atoms with Crippen molar-refractivity contribution in [3.8, 4) is 0 Å². The second-order valence-corrected chi connectivity index (χ2v) is 5.46. The molecule has 0 aromatic carbocycles. The van der Waals surface area contributed by atoms with Gasteiger partial charge >= 0.3 is 17.8 Å². The van der Waals surface area contributed by atoms with Crippen LogP contribution in [0.1, 0.15) is 18.7 Å². The highest BCUT2D eigenvalue weighted by Crippen LogP contribution is 2.28. The first-order valence-electron chi connectivity index (χ1n) is 5.12. The van der Waals surface area contributed by atoms with E-state index in [9.17, 15) is 14.4 Å². The van der Waals surface area contributed by atoms with E-state index in [2.05, 4.69) is 0 Å². The maximum absolute atomic E-state index is 11.5. The molecule has 0 radical (unpaired) electrons. The largest absolute Gasteiger partial charge is 0.331 e. The number of urea groups is 1. The molecule has 0 atom stereocenters. The number of carbonyl (C=O) groups is 3. The molecule has 1 fully saturated rings. The van der Waals surface area contributed by atoms with E-state index < -0.39 is 17.8 Å². The molecule has 0 unspecified atom stereocenters. The summed E-state index contributed by atoms with van der Waals surface area (Å²) in [7, 11) is 0. The second kappa shape index (κ2) is 3.96. The van der Waals surface area contributed by atoms with Gasteiger partial charge in [-0.1, -0.05) is 19.9 Å². The molecule has 2 heterocycles. The lowest BCUT2D eigenvalue weighted by molar-refractivity contribution is -0.140. The Morgan fingerprint density at radius 2 is 2.06 bits per heavy atom. The standard InChI is InChI=1S/C11H12N2O3S/c1-11(2,7-4-3-5-17-7)6-13-9(15)8(14)12-10(13)16/h3-5H,6H2,1-2H3,(H,12,14,16). The molecule has 4 amide bonds. The van der Waals surface area contributed by atoms with Crippen LogP contribution in [0.3, 0.4) is 0 Å². The van der Waals surface area contributed by atoms with Gasteiger partial charge in [-0.2, -0.15) is 0 Å². The summed E-state index contributed by atoms with van der Waals surface area (Å²) in [5.41, 5.74) is -0.355. The normalized spacial score (nSPS) is 16.6. The van der Waals surface area contributed by atoms with Crippen molar-refractivity contribution in [1.29, 1.82) is 0 Å². The van der Waals surface area contributed by atoms with E-state index in [1.165, 1.54) is 0 Å². The van der Waals surface area contributed by atoms with Gasteiger partial charge in [0.25, 0.3) is 0 Å². The highest BCUT2D eigenvalue weighted by molar-refractivity contribution is 7.10. The molecule has 1 saturated heterocycles. The average molecular weight is 252 g/mol. The Morgan fingerprint density at radius 3 is 2.53 bits per heavy atom. The molecule has 1 aromatic heterocycles. The minimum Gasteiger partial charge on any atom is -0.269 e. The molecule has 0 saturated carbocycles. The van der Waals surface area contributed by atoms with Gasteiger partial charge in [-0.3, -0.25) is 19.8 Å². The fourth-order valence-electron chi connectivity index (χ4n) is 1.71. The van der Waals surface area contributed by atoms with E-state index in [0.29, 0.717) is 0 Å². The molecular weight excluding hydrogens is 240 g/mol. The summed E-state index contributed by atoms with van der Waals surface area (Å²) < 4.78 is 0. The van der Waals surface area contributed by atoms with Gasteiger partial charge in [0.05, 0.1) is 0 Å². The third kappa shape index (κ3) is 2.08. The number of thiophene rings is 1. The van der Waals surface area contributed by atoms with E-state index in [0.717, 1.165) is 9.78 Å². The highest BCUT2D eigenvalue weighted by atomic mass is 32.1. The van der Waals surface area contributed by atoms with Crippen LogP contribution in [0.4, 0.5) is 4.79 Å². The molecule has 1 aromatic rings. The summed E-state index contributed by atoms with van der Waals surface area (Å²) in [6.45, 7) is 4.06. The van der Waals surface area contributed by atoms with E-state index in [1.54, 1.807) is 11.3 Å². The third-order valence-corrected chi connectivity index (χ3v) is 3.88. The van der Waals surface area contributed by atoms with Crippen LogP contribution in [0.2, 0.25) is 0 Å². The predicted molar refractivity (Wildman–Crippen MR) is 62.6 cm³/mol. The van der Waals surface area contributed by atoms with Crippen LogP contribution in [0, 0.1) is 0 Å². The lowest BCUT2D eigenvalue weighted by atomic mass is 9.91. The van der Waals surface area contributed by atoms with E-state index in [4.69, 9.17) is 0 Å². The van der Waals surface area contributed by atoms with Gasteiger partial charge in [0.15, 0.2) is 0 Å². The first kappa shape index (κ1) is 11.8. The highest BCUT2D eigenvalue weighted by Gasteiger charge is 2.40. The number of hydrogen-bond acceptors (Lipinski definition) is 4. The summed E-state index contributed by atoms with van der Waals surface area (Å²) in [6, 6.07) is 3.23. The van der Waals surface area contributed by atoms with Crippen LogP contribution in [0.5, 0.6) is 0 Å². The number of carbonyl (C=O) groups excluding carboxylic acids is 3. The van der Waals surface area contributed by atoms with Gasteiger partial charge in [-0.05, 0) is 11.4 Å². The molecule has 1 aliphatic heterocycles. The number of hydrogen-bond donors (Lipinski definition) is 1. The number of imide groups is 2. The quantitative estimate of drug-likeness (QED) is 0.647. The van der Waals surface area contributed by atoms with Crippen molar-refractivity contribution in [3.05, 3.63) is 22.4 Å². The first-order valence-corrected chi connectivity index (χ1v) is 6.00. The minimum atomic E-state index is -0.850. The van der Waals surface area contributed by atoms with Crippen LogP contribution in [-0.4, -0.2) is 29.3 Å². The summed E-state index contributed by atoms with van der Waals surface area (Å²) in [5, 5.41) is 3.93. The van der Waals surface area contributed by atoms with E-state index >= 15 is 0 Å². The van der Waals surface area contributed by atoms with E-state index in [1.807, 2.05) is 36.7 Å². The molecule has 0 aliphatic carbocycles. The zero-order valence-corrected chi connectivity index (χ0v) is 10.3. The van der Waals surface area contributed by atoms with E-state index in [-0.39, 0.29) is 12.0 Å². The molecular formula is C11H12N2O3S. The number of nitrogens with zero attached hydrogens (tertiary/aromatic N) is 1. The molecule has 5 nitrogen and oxygen atoms in total. The second-order valence-electron chi connectivity index (χ2n) is 4.51. The summed E-state index contributed by atoms with van der Waals surface area (Å²) in [4.78, 5) is 36.0. The van der Waals surface area contributed by atoms with Gasteiger partial charge in [0.2, 0.25) is 0 Å². The average Bonchev–Trinajstić information content (AvgIpc) is 2.84. The molecule has 90 valence electrons. The zero-order valence-electron chi connectivity index (χ0n) is 9.52. The molecule has 6 heteroatoms. The lowest BCUT2D eigenvalue weighted by Gasteiger charge is -2.26. The van der Waals surface area contributed by atoms with Crippen molar-refractivity contribution < 1.29 is 14.4 Å². The topological polar surface area (TPSA) is 66.5 Å². The van der Waals surface area contributed by atoms with Crippen LogP contribution >= 0.6 is 11.3 Å². The predicted octanol–water partition coefficient (Wildman–Crippen LogP) is 1.10. The molecule has 1 aliphatic rings. The number of rotatable bonds is 3.